The van der Waals surface area contributed by atoms with Crippen molar-refractivity contribution in [3.8, 4) is 0 Å². The van der Waals surface area contributed by atoms with Crippen molar-refractivity contribution in [2.75, 3.05) is 0 Å². The number of benzene rings is 4. The summed E-state index contributed by atoms with van der Waals surface area (Å²) in [7, 11) is 0. The molecule has 0 spiro atoms. The van der Waals surface area contributed by atoms with Gasteiger partial charge in [0, 0.05) is 0 Å². The molecule has 0 aliphatic rings. The van der Waals surface area contributed by atoms with Crippen LogP contribution in [0.4, 0.5) is 0 Å². The van der Waals surface area contributed by atoms with Gasteiger partial charge < -0.3 is 4.42 Å². The Balaban J connectivity index is -0.000000579. The monoisotopic (exact) mass is 775 g/mol. The van der Waals surface area contributed by atoms with E-state index in [0.29, 0.717) is 0 Å². The maximum Gasteiger partial charge on any atom is 0.181 e. The first-order valence-electron chi connectivity index (χ1n) is 19.6. The van der Waals surface area contributed by atoms with Crippen LogP contribution in [0.5, 0.6) is 0 Å². The highest BCUT2D eigenvalue weighted by molar-refractivity contribution is 7.17. The summed E-state index contributed by atoms with van der Waals surface area (Å²) in [6.07, 6.45) is 1.46. The van der Waals surface area contributed by atoms with Crippen LogP contribution >= 0.6 is 22.7 Å². The van der Waals surface area contributed by atoms with E-state index in [2.05, 4.69) is 80.6 Å². The van der Waals surface area contributed by atoms with Gasteiger partial charge in [0.05, 0.1) is 31.5 Å². The molecule has 4 heterocycles. The van der Waals surface area contributed by atoms with Crippen LogP contribution in [0.1, 0.15) is 119 Å². The molecule has 0 saturated heterocycles. The van der Waals surface area contributed by atoms with Crippen LogP contribution in [-0.4, -0.2) is 30.4 Å². The van der Waals surface area contributed by atoms with Crippen molar-refractivity contribution in [2.45, 2.75) is 125 Å². The molecule has 54 heavy (non-hydrogen) atoms. The lowest BCUT2D eigenvalue weighted by Gasteiger charge is -1.88. The van der Waals surface area contributed by atoms with Crippen LogP contribution in [0, 0.1) is 27.7 Å². The average molecular weight is 775 g/mol. The summed E-state index contributed by atoms with van der Waals surface area (Å²) in [5.41, 5.74) is 14.6. The highest BCUT2D eigenvalue weighted by Gasteiger charge is 1.97. The van der Waals surface area contributed by atoms with Gasteiger partial charge in [-0.3, -0.25) is 0 Å². The molecular formula is C45H70N6OS2. The third-order valence-electron chi connectivity index (χ3n) is 5.93. The second-order valence-electron chi connectivity index (χ2n) is 9.29. The molecule has 8 aromatic rings. The van der Waals surface area contributed by atoms with Crippen LogP contribution in [-0.2, 0) is 0 Å². The number of hydrogen-bond acceptors (Lipinski definition) is 8. The highest BCUT2D eigenvalue weighted by Crippen LogP contribution is 2.19. The van der Waals surface area contributed by atoms with E-state index in [4.69, 9.17) is 4.42 Å². The van der Waals surface area contributed by atoms with Crippen molar-refractivity contribution in [3.05, 3.63) is 112 Å². The second kappa shape index (κ2) is 35.6. The van der Waals surface area contributed by atoms with Crippen molar-refractivity contribution in [2.24, 2.45) is 0 Å². The molecule has 9 heteroatoms. The van der Waals surface area contributed by atoms with Crippen LogP contribution in [0.3, 0.4) is 0 Å². The fraction of sp³-hybridized carbons (Fsp3) is 0.400. The maximum absolute atomic E-state index is 5.09. The minimum Gasteiger partial charge on any atom is -0.443 e. The topological polar surface area (TPSA) is 93.4 Å². The number of fused-ring (bicyclic) bond motifs is 4. The van der Waals surface area contributed by atoms with Crippen molar-refractivity contribution in [1.82, 2.24) is 30.4 Å². The summed E-state index contributed by atoms with van der Waals surface area (Å²) in [6, 6.07) is 24.5. The normalized spacial score (nSPS) is 8.56. The minimum absolute atomic E-state index is 0.861. The summed E-state index contributed by atoms with van der Waals surface area (Å²) >= 11 is 3.38. The van der Waals surface area contributed by atoms with Crippen LogP contribution in [0.2, 0.25) is 0 Å². The van der Waals surface area contributed by atoms with Gasteiger partial charge in [-0.15, -0.1) is 22.7 Å². The van der Waals surface area contributed by atoms with E-state index < -0.39 is 0 Å². The van der Waals surface area contributed by atoms with E-state index in [9.17, 15) is 0 Å². The molecule has 0 aliphatic carbocycles. The molecule has 4 aromatic heterocycles. The number of aryl methyl sites for hydroxylation is 4. The average Bonchev–Trinajstić information content (AvgIpc) is 4.09. The Morgan fingerprint density at radius 3 is 1.43 bits per heavy atom. The first kappa shape index (κ1) is 53.9. The Morgan fingerprint density at radius 1 is 0.407 bits per heavy atom. The zero-order chi connectivity index (χ0) is 41.9. The zero-order valence-corrected chi connectivity index (χ0v) is 38.3. The number of H-pyrrole nitrogens is 1. The van der Waals surface area contributed by atoms with Gasteiger partial charge in [-0.25, -0.2) is 15.0 Å². The lowest BCUT2D eigenvalue weighted by atomic mass is 10.2. The molecule has 0 amide bonds. The Morgan fingerprint density at radius 2 is 0.833 bits per heavy atom. The minimum atomic E-state index is 0.861. The Kier molecular flexibility index (Phi) is 35.5. The largest absolute Gasteiger partial charge is 0.443 e. The summed E-state index contributed by atoms with van der Waals surface area (Å²) in [5.74, 6) is 0. The van der Waals surface area contributed by atoms with Crippen LogP contribution < -0.4 is 0 Å². The van der Waals surface area contributed by atoms with Crippen LogP contribution in [0.25, 0.3) is 42.6 Å². The molecule has 0 atom stereocenters. The van der Waals surface area contributed by atoms with Gasteiger partial charge in [0.15, 0.2) is 12.0 Å². The number of rotatable bonds is 0. The molecule has 0 radical (unpaired) electrons. The van der Waals surface area contributed by atoms with Crippen molar-refractivity contribution >= 4 is 65.2 Å². The van der Waals surface area contributed by atoms with Gasteiger partial charge in [0.25, 0.3) is 0 Å². The molecule has 4 aromatic carbocycles. The standard InChI is InChI=1S/C8H7NO.2C8H7NS.C7H7N3.7C2H6/c1-6-2-3-7-8(4-6)10-5-9-7;1-6-2-3-8-7(4-6)9-5-10-8;1-6-2-3-7-8(4-6)10-5-9-7;1-5-2-3-6-7(4-5)9-10-8-6;7*1-2/h3*2-5H,1H3;2-4H,1H3,(H,8,9,10);7*1-2H3. The summed E-state index contributed by atoms with van der Waals surface area (Å²) in [6.45, 7) is 36.2. The highest BCUT2D eigenvalue weighted by atomic mass is 32.1. The third kappa shape index (κ3) is 20.1. The molecule has 0 aliphatic heterocycles. The molecule has 0 fully saturated rings. The second-order valence-corrected chi connectivity index (χ2v) is 11.1. The number of hydrogen-bond donors (Lipinski definition) is 1. The van der Waals surface area contributed by atoms with Gasteiger partial charge in [-0.2, -0.15) is 15.4 Å². The maximum atomic E-state index is 5.09. The summed E-state index contributed by atoms with van der Waals surface area (Å²) in [5, 5.41) is 10.4. The first-order valence-corrected chi connectivity index (χ1v) is 21.4. The molecule has 1 N–H and O–H groups in total. The number of nitrogens with one attached hydrogen (secondary N) is 1. The lowest BCUT2D eigenvalue weighted by Crippen LogP contribution is -1.71. The Hall–Kier alpha value is -4.47. The van der Waals surface area contributed by atoms with E-state index in [1.165, 1.54) is 38.0 Å². The molecule has 0 bridgehead atoms. The molecule has 0 saturated carbocycles. The van der Waals surface area contributed by atoms with Gasteiger partial charge in [0.2, 0.25) is 0 Å². The van der Waals surface area contributed by atoms with Crippen molar-refractivity contribution in [3.63, 3.8) is 0 Å². The molecule has 298 valence electrons. The smallest absolute Gasteiger partial charge is 0.181 e. The van der Waals surface area contributed by atoms with E-state index >= 15 is 0 Å². The van der Waals surface area contributed by atoms with E-state index in [0.717, 1.165) is 33.2 Å². The summed E-state index contributed by atoms with van der Waals surface area (Å²) < 4.78 is 7.63. The number of aromatic nitrogens is 6. The van der Waals surface area contributed by atoms with E-state index in [1.807, 2.05) is 158 Å². The van der Waals surface area contributed by atoms with Gasteiger partial charge in [-0.05, 0) is 98.5 Å². The quantitative estimate of drug-likeness (QED) is 0.165. The van der Waals surface area contributed by atoms with Crippen molar-refractivity contribution in [1.29, 1.82) is 0 Å². The predicted octanol–water partition coefficient (Wildman–Crippen LogP) is 15.8. The zero-order valence-electron chi connectivity index (χ0n) is 36.6. The predicted molar refractivity (Wildman–Crippen MR) is 246 cm³/mol. The fourth-order valence-corrected chi connectivity index (χ4v) is 5.28. The van der Waals surface area contributed by atoms with Crippen LogP contribution in [0.15, 0.2) is 94.6 Å². The first-order chi connectivity index (χ1) is 26.4. The molecular weight excluding hydrogens is 705 g/mol. The Bertz CT molecular complexity index is 1700. The lowest BCUT2D eigenvalue weighted by molar-refractivity contribution is 0.602. The summed E-state index contributed by atoms with van der Waals surface area (Å²) in [4.78, 5) is 12.4. The number of nitrogens with zero attached hydrogens (tertiary/aromatic N) is 5. The van der Waals surface area contributed by atoms with Gasteiger partial charge >= 0.3 is 0 Å². The number of thiazole rings is 2. The third-order valence-corrected chi connectivity index (χ3v) is 7.53. The van der Waals surface area contributed by atoms with E-state index in [-0.39, 0.29) is 0 Å². The molecule has 7 nitrogen and oxygen atoms in total. The number of oxazole rings is 1. The number of aromatic amines is 1. The van der Waals surface area contributed by atoms with Crippen molar-refractivity contribution < 1.29 is 4.42 Å². The molecule has 0 unspecified atom stereocenters. The fourth-order valence-electron chi connectivity index (χ4n) is 3.84. The Labute approximate surface area is 335 Å². The SMILES string of the molecule is CC.CC.CC.CC.CC.CC.CC.Cc1ccc2n[nH]nc2c1.Cc1ccc2ncoc2c1.Cc1ccc2ncsc2c1.Cc1ccc2scnc2c1. The van der Waals surface area contributed by atoms with Gasteiger partial charge in [0.1, 0.15) is 16.6 Å². The molecule has 8 rings (SSSR count). The van der Waals surface area contributed by atoms with Gasteiger partial charge in [-0.1, -0.05) is 121 Å². The van der Waals surface area contributed by atoms with E-state index in [1.54, 1.807) is 22.7 Å².